The van der Waals surface area contributed by atoms with Crippen LogP contribution in [0.4, 0.5) is 0 Å². The highest BCUT2D eigenvalue weighted by molar-refractivity contribution is 5.82. The van der Waals surface area contributed by atoms with Gasteiger partial charge in [0.25, 0.3) is 0 Å². The van der Waals surface area contributed by atoms with E-state index in [4.69, 9.17) is 4.74 Å². The summed E-state index contributed by atoms with van der Waals surface area (Å²) in [4.78, 5) is 10.7. The van der Waals surface area contributed by atoms with Crippen molar-refractivity contribution in [1.29, 1.82) is 0 Å². The molecule has 1 heterocycles. The third kappa shape index (κ3) is 2.72. The zero-order valence-corrected chi connectivity index (χ0v) is 6.74. The fourth-order valence-electron chi connectivity index (χ4n) is 0.768. The van der Waals surface area contributed by atoms with E-state index in [0.29, 0.717) is 6.61 Å². The lowest BCUT2D eigenvalue weighted by atomic mass is 10.3. The zero-order chi connectivity index (χ0) is 8.27. The second-order valence-electron chi connectivity index (χ2n) is 2.42. The minimum absolute atomic E-state index is 0.124. The van der Waals surface area contributed by atoms with Crippen LogP contribution in [0.15, 0.2) is 12.2 Å². The number of epoxide rings is 1. The molecule has 0 unspecified atom stereocenters. The predicted octanol–water partition coefficient (Wildman–Crippen LogP) is 0.893. The minimum Gasteiger partial charge on any atom is -0.463 e. The van der Waals surface area contributed by atoms with Crippen LogP contribution in [0, 0.1) is 0 Å². The maximum Gasteiger partial charge on any atom is 0.330 e. The lowest BCUT2D eigenvalue weighted by Crippen LogP contribution is -1.99. The largest absolute Gasteiger partial charge is 0.463 e. The SMILES string of the molecule is CCOC(=O)/C=C/[C@@H]1O[C@H]1C. The summed E-state index contributed by atoms with van der Waals surface area (Å²) >= 11 is 0. The molecule has 0 aliphatic carbocycles. The summed E-state index contributed by atoms with van der Waals surface area (Å²) in [6.45, 7) is 4.16. The summed E-state index contributed by atoms with van der Waals surface area (Å²) in [5, 5.41) is 0. The summed E-state index contributed by atoms with van der Waals surface area (Å²) in [6, 6.07) is 0. The topological polar surface area (TPSA) is 38.8 Å². The van der Waals surface area contributed by atoms with Crippen molar-refractivity contribution in [2.75, 3.05) is 6.61 Å². The van der Waals surface area contributed by atoms with Crippen molar-refractivity contribution < 1.29 is 14.3 Å². The maximum atomic E-state index is 10.7. The first-order valence-corrected chi connectivity index (χ1v) is 3.74. The van der Waals surface area contributed by atoms with Gasteiger partial charge in [-0.2, -0.15) is 0 Å². The fraction of sp³-hybridized carbons (Fsp3) is 0.625. The Balaban J connectivity index is 2.18. The molecule has 0 aromatic rings. The van der Waals surface area contributed by atoms with Gasteiger partial charge in [-0.15, -0.1) is 0 Å². The predicted molar refractivity (Wildman–Crippen MR) is 40.1 cm³/mol. The van der Waals surface area contributed by atoms with Crippen LogP contribution in [0.5, 0.6) is 0 Å². The van der Waals surface area contributed by atoms with Crippen LogP contribution in [-0.2, 0) is 14.3 Å². The highest BCUT2D eigenvalue weighted by atomic mass is 16.6. The van der Waals surface area contributed by atoms with Gasteiger partial charge in [-0.3, -0.25) is 0 Å². The Morgan fingerprint density at radius 1 is 1.73 bits per heavy atom. The van der Waals surface area contributed by atoms with Gasteiger partial charge in [-0.1, -0.05) is 0 Å². The van der Waals surface area contributed by atoms with Gasteiger partial charge < -0.3 is 9.47 Å². The van der Waals surface area contributed by atoms with Crippen LogP contribution in [0.3, 0.4) is 0 Å². The third-order valence-electron chi connectivity index (χ3n) is 1.47. The molecule has 0 amide bonds. The highest BCUT2D eigenvalue weighted by Crippen LogP contribution is 2.21. The van der Waals surface area contributed by atoms with Crippen LogP contribution < -0.4 is 0 Å². The minimum atomic E-state index is -0.296. The van der Waals surface area contributed by atoms with Gasteiger partial charge in [0, 0.05) is 6.08 Å². The first-order valence-electron chi connectivity index (χ1n) is 3.74. The first kappa shape index (κ1) is 8.27. The zero-order valence-electron chi connectivity index (χ0n) is 6.74. The molecule has 0 aromatic carbocycles. The fourth-order valence-corrected chi connectivity index (χ4v) is 0.768. The Morgan fingerprint density at radius 2 is 2.36 bits per heavy atom. The summed E-state index contributed by atoms with van der Waals surface area (Å²) in [5.41, 5.74) is 0. The van der Waals surface area contributed by atoms with Crippen LogP contribution >= 0.6 is 0 Å². The van der Waals surface area contributed by atoms with E-state index < -0.39 is 0 Å². The molecule has 1 fully saturated rings. The molecule has 2 atom stereocenters. The number of hydrogen-bond acceptors (Lipinski definition) is 3. The first-order chi connectivity index (χ1) is 5.24. The summed E-state index contributed by atoms with van der Waals surface area (Å²) in [6.07, 6.45) is 3.53. The molecule has 0 radical (unpaired) electrons. The van der Waals surface area contributed by atoms with E-state index in [0.717, 1.165) is 0 Å². The number of hydrogen-bond donors (Lipinski definition) is 0. The standard InChI is InChI=1S/C8H12O3/c1-3-10-8(9)5-4-7-6(2)11-7/h4-7H,3H2,1-2H3/b5-4+/t6-,7-/m0/s1. The van der Waals surface area contributed by atoms with Crippen molar-refractivity contribution in [3.63, 3.8) is 0 Å². The Bertz CT molecular complexity index is 174. The average Bonchev–Trinajstić information content (AvgIpc) is 2.63. The number of ether oxygens (including phenoxy) is 2. The number of carbonyl (C=O) groups excluding carboxylic acids is 1. The molecule has 3 nitrogen and oxygen atoms in total. The monoisotopic (exact) mass is 156 g/mol. The van der Waals surface area contributed by atoms with Gasteiger partial charge in [0.2, 0.25) is 0 Å². The van der Waals surface area contributed by atoms with E-state index >= 15 is 0 Å². The Morgan fingerprint density at radius 3 is 2.82 bits per heavy atom. The lowest BCUT2D eigenvalue weighted by Gasteiger charge is -1.92. The van der Waals surface area contributed by atoms with Crippen LogP contribution in [-0.4, -0.2) is 24.8 Å². The molecular weight excluding hydrogens is 144 g/mol. The average molecular weight is 156 g/mol. The Kier molecular flexibility index (Phi) is 2.65. The van der Waals surface area contributed by atoms with Crippen LogP contribution in [0.25, 0.3) is 0 Å². The van der Waals surface area contributed by atoms with E-state index in [1.165, 1.54) is 6.08 Å². The van der Waals surface area contributed by atoms with Crippen molar-refractivity contribution in [3.8, 4) is 0 Å². The number of esters is 1. The quantitative estimate of drug-likeness (QED) is 0.346. The number of rotatable bonds is 3. The van der Waals surface area contributed by atoms with Crippen LogP contribution in [0.1, 0.15) is 13.8 Å². The summed E-state index contributed by atoms with van der Waals surface area (Å²) < 4.78 is 9.72. The third-order valence-corrected chi connectivity index (χ3v) is 1.47. The second-order valence-corrected chi connectivity index (χ2v) is 2.42. The second kappa shape index (κ2) is 3.53. The van der Waals surface area contributed by atoms with Crippen molar-refractivity contribution >= 4 is 5.97 Å². The van der Waals surface area contributed by atoms with Gasteiger partial charge in [0.05, 0.1) is 12.7 Å². The van der Waals surface area contributed by atoms with Gasteiger partial charge >= 0.3 is 5.97 Å². The normalized spacial score (nSPS) is 28.9. The van der Waals surface area contributed by atoms with Crippen molar-refractivity contribution in [3.05, 3.63) is 12.2 Å². The molecule has 3 heteroatoms. The molecule has 1 rings (SSSR count). The molecule has 0 aromatic heterocycles. The van der Waals surface area contributed by atoms with E-state index in [-0.39, 0.29) is 18.2 Å². The van der Waals surface area contributed by atoms with Gasteiger partial charge in [0.15, 0.2) is 0 Å². The van der Waals surface area contributed by atoms with Crippen LogP contribution in [0.2, 0.25) is 0 Å². The summed E-state index contributed by atoms with van der Waals surface area (Å²) in [7, 11) is 0. The molecule has 11 heavy (non-hydrogen) atoms. The molecule has 1 aliphatic rings. The molecular formula is C8H12O3. The number of carbonyl (C=O) groups is 1. The van der Waals surface area contributed by atoms with Crippen molar-refractivity contribution in [1.82, 2.24) is 0 Å². The molecule has 0 N–H and O–H groups in total. The smallest absolute Gasteiger partial charge is 0.330 e. The lowest BCUT2D eigenvalue weighted by molar-refractivity contribution is -0.137. The van der Waals surface area contributed by atoms with Gasteiger partial charge in [-0.05, 0) is 19.9 Å². The Labute approximate surface area is 66.0 Å². The highest BCUT2D eigenvalue weighted by Gasteiger charge is 2.31. The molecule has 1 aliphatic heterocycles. The molecule has 0 bridgehead atoms. The molecule has 62 valence electrons. The van der Waals surface area contributed by atoms with E-state index in [1.807, 2.05) is 6.92 Å². The molecule has 1 saturated heterocycles. The van der Waals surface area contributed by atoms with Crippen molar-refractivity contribution in [2.45, 2.75) is 26.1 Å². The van der Waals surface area contributed by atoms with E-state index in [2.05, 4.69) is 4.74 Å². The molecule has 0 saturated carbocycles. The Hall–Kier alpha value is -0.830. The van der Waals surface area contributed by atoms with Crippen molar-refractivity contribution in [2.24, 2.45) is 0 Å². The van der Waals surface area contributed by atoms with E-state index in [1.54, 1.807) is 13.0 Å². The maximum absolute atomic E-state index is 10.7. The van der Waals surface area contributed by atoms with Gasteiger partial charge in [-0.25, -0.2) is 4.79 Å². The van der Waals surface area contributed by atoms with Gasteiger partial charge in [0.1, 0.15) is 6.10 Å². The van der Waals surface area contributed by atoms with E-state index in [9.17, 15) is 4.79 Å². The molecule has 0 spiro atoms. The summed E-state index contributed by atoms with van der Waals surface area (Å²) in [5.74, 6) is -0.296.